The van der Waals surface area contributed by atoms with Crippen LogP contribution in [-0.2, 0) is 4.79 Å². The van der Waals surface area contributed by atoms with Gasteiger partial charge in [0.1, 0.15) is 0 Å². The van der Waals surface area contributed by atoms with E-state index >= 15 is 0 Å². The van der Waals surface area contributed by atoms with E-state index in [1.165, 1.54) is 17.7 Å². The highest BCUT2D eigenvalue weighted by Gasteiger charge is 2.37. The van der Waals surface area contributed by atoms with Gasteiger partial charge in [-0.3, -0.25) is 24.7 Å². The van der Waals surface area contributed by atoms with Gasteiger partial charge in [-0.2, -0.15) is 0 Å². The number of carbonyl (C=O) groups excluding carboxylic acids is 3. The van der Waals surface area contributed by atoms with Gasteiger partial charge in [-0.25, -0.2) is 5.43 Å². The molecule has 0 radical (unpaired) electrons. The molecule has 132 valence electrons. The van der Waals surface area contributed by atoms with Crippen LogP contribution in [0.1, 0.15) is 52.8 Å². The Morgan fingerprint density at radius 3 is 2.44 bits per heavy atom. The van der Waals surface area contributed by atoms with E-state index in [-0.39, 0.29) is 30.4 Å². The Morgan fingerprint density at radius 2 is 1.80 bits per heavy atom. The summed E-state index contributed by atoms with van der Waals surface area (Å²) in [5.74, 6) is 0.139. The van der Waals surface area contributed by atoms with Gasteiger partial charge in [-0.15, -0.1) is 0 Å². The summed E-state index contributed by atoms with van der Waals surface area (Å²) in [6.07, 6.45) is 4.14. The molecule has 1 aromatic carbocycles. The molecular formula is C18H22N4O3. The van der Waals surface area contributed by atoms with Gasteiger partial charge < -0.3 is 5.32 Å². The summed E-state index contributed by atoms with van der Waals surface area (Å²) in [7, 11) is 0. The second kappa shape index (κ2) is 6.57. The lowest BCUT2D eigenvalue weighted by atomic mass is 10.1. The zero-order valence-corrected chi connectivity index (χ0v) is 14.0. The van der Waals surface area contributed by atoms with Gasteiger partial charge in [0.25, 0.3) is 11.8 Å². The standard InChI is InChI=1S/C18H22N4O3/c23-16(19-15-10-14(20-21-15)11-7-8-11)6-3-9-22-17(24)12-4-1-2-5-13(12)18(22)25/h1-2,4-5,11,14-15,20-21H,3,6-10H2,(H,19,23). The Balaban J connectivity index is 1.22. The molecule has 7 heteroatoms. The highest BCUT2D eigenvalue weighted by Crippen LogP contribution is 2.35. The van der Waals surface area contributed by atoms with Crippen molar-refractivity contribution >= 4 is 17.7 Å². The maximum atomic E-state index is 12.3. The molecule has 4 rings (SSSR count). The molecule has 0 spiro atoms. The van der Waals surface area contributed by atoms with Gasteiger partial charge in [0, 0.05) is 19.0 Å². The molecular weight excluding hydrogens is 320 g/mol. The highest BCUT2D eigenvalue weighted by molar-refractivity contribution is 6.21. The van der Waals surface area contributed by atoms with Crippen LogP contribution in [0.2, 0.25) is 0 Å². The van der Waals surface area contributed by atoms with E-state index in [1.807, 2.05) is 0 Å². The van der Waals surface area contributed by atoms with Gasteiger partial charge in [0.15, 0.2) is 0 Å². The maximum Gasteiger partial charge on any atom is 0.261 e. The van der Waals surface area contributed by atoms with Gasteiger partial charge in [0.2, 0.25) is 5.91 Å². The number of hydrogen-bond donors (Lipinski definition) is 3. The minimum atomic E-state index is -0.269. The number of nitrogens with one attached hydrogen (secondary N) is 3. The molecule has 3 aliphatic rings. The van der Waals surface area contributed by atoms with Crippen LogP contribution in [0, 0.1) is 5.92 Å². The quantitative estimate of drug-likeness (QED) is 0.665. The second-order valence-electron chi connectivity index (χ2n) is 7.00. The predicted octanol–water partition coefficient (Wildman–Crippen LogP) is 0.782. The van der Waals surface area contributed by atoms with E-state index in [0.717, 1.165) is 12.3 Å². The number of amides is 3. The van der Waals surface area contributed by atoms with Gasteiger partial charge in [0.05, 0.1) is 17.3 Å². The molecule has 1 saturated carbocycles. The van der Waals surface area contributed by atoms with E-state index in [4.69, 9.17) is 0 Å². The minimum absolute atomic E-state index is 0.0441. The van der Waals surface area contributed by atoms with Crippen LogP contribution >= 0.6 is 0 Å². The van der Waals surface area contributed by atoms with Crippen LogP contribution in [0.15, 0.2) is 24.3 Å². The number of hydrazine groups is 1. The molecule has 1 aliphatic carbocycles. The predicted molar refractivity (Wildman–Crippen MR) is 90.4 cm³/mol. The van der Waals surface area contributed by atoms with E-state index in [9.17, 15) is 14.4 Å². The largest absolute Gasteiger partial charge is 0.340 e. The second-order valence-corrected chi connectivity index (χ2v) is 7.00. The van der Waals surface area contributed by atoms with Gasteiger partial charge in [-0.1, -0.05) is 12.1 Å². The Labute approximate surface area is 146 Å². The molecule has 2 fully saturated rings. The van der Waals surface area contributed by atoms with Crippen LogP contribution in [0.4, 0.5) is 0 Å². The monoisotopic (exact) mass is 342 g/mol. The number of hydrogen-bond acceptors (Lipinski definition) is 5. The van der Waals surface area contributed by atoms with Crippen LogP contribution in [0.25, 0.3) is 0 Å². The number of rotatable bonds is 6. The average molecular weight is 342 g/mol. The fourth-order valence-electron chi connectivity index (χ4n) is 3.59. The molecule has 3 N–H and O–H groups in total. The van der Waals surface area contributed by atoms with Crippen molar-refractivity contribution in [2.24, 2.45) is 5.92 Å². The summed E-state index contributed by atoms with van der Waals surface area (Å²) in [5.41, 5.74) is 7.25. The first-order valence-electron chi connectivity index (χ1n) is 8.89. The number of benzene rings is 1. The van der Waals surface area contributed by atoms with Crippen molar-refractivity contribution in [3.8, 4) is 0 Å². The normalized spacial score (nSPS) is 25.4. The third kappa shape index (κ3) is 3.29. The molecule has 3 amide bonds. The molecule has 7 nitrogen and oxygen atoms in total. The van der Waals surface area contributed by atoms with Crippen LogP contribution < -0.4 is 16.2 Å². The topological polar surface area (TPSA) is 90.5 Å². The van der Waals surface area contributed by atoms with Crippen molar-refractivity contribution in [3.05, 3.63) is 35.4 Å². The van der Waals surface area contributed by atoms with Crippen molar-refractivity contribution in [2.75, 3.05) is 6.54 Å². The zero-order valence-electron chi connectivity index (χ0n) is 14.0. The first-order chi connectivity index (χ1) is 12.1. The smallest absolute Gasteiger partial charge is 0.261 e. The van der Waals surface area contributed by atoms with Crippen molar-refractivity contribution in [1.29, 1.82) is 0 Å². The summed E-state index contributed by atoms with van der Waals surface area (Å²) in [6.45, 7) is 0.265. The molecule has 1 aromatic rings. The Hall–Kier alpha value is -2.25. The number of imide groups is 1. The lowest BCUT2D eigenvalue weighted by Gasteiger charge is -2.15. The summed E-state index contributed by atoms with van der Waals surface area (Å²) in [5, 5.41) is 2.96. The van der Waals surface area contributed by atoms with E-state index in [0.29, 0.717) is 30.0 Å². The molecule has 2 heterocycles. The number of carbonyl (C=O) groups is 3. The van der Waals surface area contributed by atoms with Crippen LogP contribution in [-0.4, -0.2) is 41.4 Å². The van der Waals surface area contributed by atoms with Crippen molar-refractivity contribution in [1.82, 2.24) is 21.1 Å². The van der Waals surface area contributed by atoms with Crippen molar-refractivity contribution in [2.45, 2.75) is 44.3 Å². The number of fused-ring (bicyclic) bond motifs is 1. The Bertz CT molecular complexity index is 681. The SMILES string of the molecule is O=C(CCCN1C(=O)c2ccccc2C1=O)NC1CC(C2CC2)NN1. The fraction of sp³-hybridized carbons (Fsp3) is 0.500. The molecule has 2 aliphatic heterocycles. The molecule has 1 saturated heterocycles. The van der Waals surface area contributed by atoms with E-state index in [1.54, 1.807) is 24.3 Å². The average Bonchev–Trinajstić information content (AvgIpc) is 3.32. The van der Waals surface area contributed by atoms with Crippen LogP contribution in [0.3, 0.4) is 0 Å². The summed E-state index contributed by atoms with van der Waals surface area (Å²) >= 11 is 0. The van der Waals surface area contributed by atoms with Crippen molar-refractivity contribution < 1.29 is 14.4 Å². The summed E-state index contributed by atoms with van der Waals surface area (Å²) < 4.78 is 0. The lowest BCUT2D eigenvalue weighted by Crippen LogP contribution is -2.44. The van der Waals surface area contributed by atoms with Crippen molar-refractivity contribution in [3.63, 3.8) is 0 Å². The first-order valence-corrected chi connectivity index (χ1v) is 8.89. The lowest BCUT2D eigenvalue weighted by molar-refractivity contribution is -0.122. The van der Waals surface area contributed by atoms with Gasteiger partial charge in [-0.05, 0) is 43.7 Å². The zero-order chi connectivity index (χ0) is 17.4. The summed E-state index contributed by atoms with van der Waals surface area (Å²) in [6, 6.07) is 7.27. The summed E-state index contributed by atoms with van der Waals surface area (Å²) in [4.78, 5) is 37.8. The first kappa shape index (κ1) is 16.2. The van der Waals surface area contributed by atoms with Gasteiger partial charge >= 0.3 is 0 Å². The Morgan fingerprint density at radius 1 is 1.12 bits per heavy atom. The molecule has 2 atom stereocenters. The van der Waals surface area contributed by atoms with E-state index < -0.39 is 0 Å². The third-order valence-corrected chi connectivity index (χ3v) is 5.12. The van der Waals surface area contributed by atoms with Crippen LogP contribution in [0.5, 0.6) is 0 Å². The minimum Gasteiger partial charge on any atom is -0.340 e. The van der Waals surface area contributed by atoms with E-state index in [2.05, 4.69) is 16.2 Å². The molecule has 25 heavy (non-hydrogen) atoms. The number of nitrogens with zero attached hydrogens (tertiary/aromatic N) is 1. The maximum absolute atomic E-state index is 12.3. The molecule has 0 bridgehead atoms. The third-order valence-electron chi connectivity index (χ3n) is 5.12. The fourth-order valence-corrected chi connectivity index (χ4v) is 3.59. The molecule has 0 aromatic heterocycles. The Kier molecular flexibility index (Phi) is 4.27. The molecule has 2 unspecified atom stereocenters. The highest BCUT2D eigenvalue weighted by atomic mass is 16.2.